The number of halogens is 1. The van der Waals surface area contributed by atoms with Gasteiger partial charge >= 0.3 is 6.09 Å². The first-order chi connectivity index (χ1) is 9.76. The number of carbonyl (C=O) groups is 1. The number of ether oxygens (including phenoxy) is 1. The van der Waals surface area contributed by atoms with Gasteiger partial charge in [-0.25, -0.2) is 4.79 Å². The lowest BCUT2D eigenvalue weighted by molar-refractivity contribution is 0.0522. The first kappa shape index (κ1) is 15.9. The van der Waals surface area contributed by atoms with Gasteiger partial charge in [0.1, 0.15) is 11.4 Å². The number of alkyl carbamates (subject to hydrolysis) is 1. The standard InChI is InChI=1S/C15H21ClN2O3/c1-15(2,3)21-14(20)18-12-7-11(12)17-8-9-10(16)5-4-6-13(9)19/h4-6,11-12,17,19H,7-8H2,1-3H3,(H,18,20). The van der Waals surface area contributed by atoms with E-state index in [4.69, 9.17) is 16.3 Å². The van der Waals surface area contributed by atoms with Crippen LogP contribution in [0, 0.1) is 0 Å². The lowest BCUT2D eigenvalue weighted by Gasteiger charge is -2.19. The highest BCUT2D eigenvalue weighted by Crippen LogP contribution is 2.27. The SMILES string of the molecule is CC(C)(C)OC(=O)NC1CC1NCc1c(O)cccc1Cl. The van der Waals surface area contributed by atoms with Gasteiger partial charge in [0.2, 0.25) is 0 Å². The lowest BCUT2D eigenvalue weighted by Crippen LogP contribution is -2.36. The molecule has 1 aromatic carbocycles. The summed E-state index contributed by atoms with van der Waals surface area (Å²) in [5, 5.41) is 16.3. The minimum Gasteiger partial charge on any atom is -0.508 e. The van der Waals surface area contributed by atoms with Crippen molar-refractivity contribution >= 4 is 17.7 Å². The molecular weight excluding hydrogens is 292 g/mol. The molecule has 0 spiro atoms. The highest BCUT2D eigenvalue weighted by molar-refractivity contribution is 6.31. The van der Waals surface area contributed by atoms with Gasteiger partial charge in [0.15, 0.2) is 0 Å². The Morgan fingerprint density at radius 1 is 1.43 bits per heavy atom. The van der Waals surface area contributed by atoms with E-state index in [-0.39, 0.29) is 17.8 Å². The molecule has 0 aromatic heterocycles. The van der Waals surface area contributed by atoms with Crippen LogP contribution in [-0.2, 0) is 11.3 Å². The summed E-state index contributed by atoms with van der Waals surface area (Å²) in [5.74, 6) is 0.173. The Hall–Kier alpha value is -1.46. The zero-order chi connectivity index (χ0) is 15.6. The molecule has 1 aromatic rings. The van der Waals surface area contributed by atoms with Crippen LogP contribution in [0.15, 0.2) is 18.2 Å². The fourth-order valence-electron chi connectivity index (χ4n) is 1.99. The van der Waals surface area contributed by atoms with Crippen molar-refractivity contribution < 1.29 is 14.6 Å². The van der Waals surface area contributed by atoms with Crippen LogP contribution >= 0.6 is 11.6 Å². The minimum absolute atomic E-state index is 0.0597. The first-order valence-electron chi connectivity index (χ1n) is 6.95. The van der Waals surface area contributed by atoms with Crippen LogP contribution in [0.3, 0.4) is 0 Å². The van der Waals surface area contributed by atoms with Crippen LogP contribution in [0.4, 0.5) is 4.79 Å². The largest absolute Gasteiger partial charge is 0.508 e. The van der Waals surface area contributed by atoms with Crippen molar-refractivity contribution in [3.63, 3.8) is 0 Å². The van der Waals surface area contributed by atoms with E-state index in [1.165, 1.54) is 0 Å². The number of hydrogen-bond acceptors (Lipinski definition) is 4. The summed E-state index contributed by atoms with van der Waals surface area (Å²) in [5.41, 5.74) is 0.174. The van der Waals surface area contributed by atoms with Crippen molar-refractivity contribution in [1.82, 2.24) is 10.6 Å². The number of amides is 1. The number of phenols is 1. The summed E-state index contributed by atoms with van der Waals surface area (Å²) in [4.78, 5) is 11.6. The summed E-state index contributed by atoms with van der Waals surface area (Å²) >= 11 is 6.04. The summed E-state index contributed by atoms with van der Waals surface area (Å²) in [6, 6.07) is 5.27. The van der Waals surface area contributed by atoms with Gasteiger partial charge in [0.05, 0.1) is 0 Å². The zero-order valence-corrected chi connectivity index (χ0v) is 13.2. The fourth-order valence-corrected chi connectivity index (χ4v) is 2.23. The van der Waals surface area contributed by atoms with E-state index in [2.05, 4.69) is 10.6 Å². The van der Waals surface area contributed by atoms with Gasteiger partial charge in [-0.3, -0.25) is 0 Å². The van der Waals surface area contributed by atoms with E-state index in [1.807, 2.05) is 20.8 Å². The molecule has 1 saturated carbocycles. The Morgan fingerprint density at radius 3 is 2.76 bits per heavy atom. The Balaban J connectivity index is 1.76. The molecular formula is C15H21ClN2O3. The van der Waals surface area contributed by atoms with Gasteiger partial charge in [0.25, 0.3) is 0 Å². The molecule has 2 unspecified atom stereocenters. The van der Waals surface area contributed by atoms with Crippen molar-refractivity contribution in [1.29, 1.82) is 0 Å². The third-order valence-electron chi connectivity index (χ3n) is 3.13. The molecule has 1 fully saturated rings. The van der Waals surface area contributed by atoms with Crippen molar-refractivity contribution in [2.24, 2.45) is 0 Å². The van der Waals surface area contributed by atoms with Crippen molar-refractivity contribution in [2.45, 2.75) is 51.4 Å². The van der Waals surface area contributed by atoms with Crippen LogP contribution in [0.25, 0.3) is 0 Å². The van der Waals surface area contributed by atoms with E-state index in [0.29, 0.717) is 17.1 Å². The smallest absolute Gasteiger partial charge is 0.407 e. The summed E-state index contributed by atoms with van der Waals surface area (Å²) in [6.07, 6.45) is 0.433. The van der Waals surface area contributed by atoms with Crippen LogP contribution in [0.2, 0.25) is 5.02 Å². The Morgan fingerprint density at radius 2 is 2.14 bits per heavy atom. The maximum Gasteiger partial charge on any atom is 0.407 e. The third kappa shape index (κ3) is 4.79. The quantitative estimate of drug-likeness (QED) is 0.799. The molecule has 0 saturated heterocycles. The zero-order valence-electron chi connectivity index (χ0n) is 12.4. The topological polar surface area (TPSA) is 70.6 Å². The minimum atomic E-state index is -0.495. The molecule has 116 valence electrons. The summed E-state index contributed by atoms with van der Waals surface area (Å²) in [6.45, 7) is 5.95. The second kappa shape index (κ2) is 6.12. The number of aromatic hydroxyl groups is 1. The molecule has 1 aliphatic carbocycles. The molecule has 2 rings (SSSR count). The Labute approximate surface area is 129 Å². The van der Waals surface area contributed by atoms with E-state index >= 15 is 0 Å². The molecule has 0 bridgehead atoms. The van der Waals surface area contributed by atoms with E-state index < -0.39 is 11.7 Å². The van der Waals surface area contributed by atoms with E-state index in [0.717, 1.165) is 6.42 Å². The average molecular weight is 313 g/mol. The van der Waals surface area contributed by atoms with Crippen molar-refractivity contribution in [3.8, 4) is 5.75 Å². The number of phenolic OH excluding ortho intramolecular Hbond substituents is 1. The highest BCUT2D eigenvalue weighted by atomic mass is 35.5. The first-order valence-corrected chi connectivity index (χ1v) is 7.33. The highest BCUT2D eigenvalue weighted by Gasteiger charge is 2.39. The number of benzene rings is 1. The maximum absolute atomic E-state index is 11.6. The predicted octanol–water partition coefficient (Wildman–Crippen LogP) is 2.80. The van der Waals surface area contributed by atoms with Crippen molar-refractivity contribution in [3.05, 3.63) is 28.8 Å². The van der Waals surface area contributed by atoms with Gasteiger partial charge in [-0.05, 0) is 39.3 Å². The molecule has 0 aliphatic heterocycles. The fraction of sp³-hybridized carbons (Fsp3) is 0.533. The van der Waals surface area contributed by atoms with Gasteiger partial charge < -0.3 is 20.5 Å². The number of carbonyl (C=O) groups excluding carboxylic acids is 1. The molecule has 21 heavy (non-hydrogen) atoms. The van der Waals surface area contributed by atoms with Crippen LogP contribution in [-0.4, -0.2) is 28.9 Å². The molecule has 1 aliphatic rings. The maximum atomic E-state index is 11.6. The number of hydrogen-bond donors (Lipinski definition) is 3. The van der Waals surface area contributed by atoms with Gasteiger partial charge in [-0.15, -0.1) is 0 Å². The molecule has 1 amide bonds. The molecule has 0 radical (unpaired) electrons. The van der Waals surface area contributed by atoms with Crippen molar-refractivity contribution in [2.75, 3.05) is 0 Å². The molecule has 2 atom stereocenters. The third-order valence-corrected chi connectivity index (χ3v) is 3.48. The van der Waals surface area contributed by atoms with Crippen LogP contribution < -0.4 is 10.6 Å². The van der Waals surface area contributed by atoms with E-state index in [9.17, 15) is 9.90 Å². The Kier molecular flexibility index (Phi) is 4.64. The normalized spacial score (nSPS) is 21.0. The molecule has 6 heteroatoms. The molecule has 5 nitrogen and oxygen atoms in total. The lowest BCUT2D eigenvalue weighted by atomic mass is 10.2. The second-order valence-electron chi connectivity index (χ2n) is 6.21. The van der Waals surface area contributed by atoms with Gasteiger partial charge in [-0.2, -0.15) is 0 Å². The van der Waals surface area contributed by atoms with Gasteiger partial charge in [0, 0.05) is 29.2 Å². The molecule has 0 heterocycles. The van der Waals surface area contributed by atoms with Crippen LogP contribution in [0.5, 0.6) is 5.75 Å². The average Bonchev–Trinajstić information content (AvgIpc) is 3.04. The second-order valence-corrected chi connectivity index (χ2v) is 6.62. The number of rotatable bonds is 4. The van der Waals surface area contributed by atoms with Gasteiger partial charge in [-0.1, -0.05) is 17.7 Å². The monoisotopic (exact) mass is 312 g/mol. The van der Waals surface area contributed by atoms with Crippen LogP contribution in [0.1, 0.15) is 32.8 Å². The predicted molar refractivity (Wildman–Crippen MR) is 81.5 cm³/mol. The summed E-state index contributed by atoms with van der Waals surface area (Å²) < 4.78 is 5.20. The van der Waals surface area contributed by atoms with E-state index in [1.54, 1.807) is 18.2 Å². The molecule has 3 N–H and O–H groups in total. The number of nitrogens with one attached hydrogen (secondary N) is 2. The summed E-state index contributed by atoms with van der Waals surface area (Å²) in [7, 11) is 0. The Bertz CT molecular complexity index is 508.